The summed E-state index contributed by atoms with van der Waals surface area (Å²) in [7, 11) is 0. The Bertz CT molecular complexity index is 1010. The number of ether oxygens (including phenoxy) is 4. The van der Waals surface area contributed by atoms with E-state index in [1.165, 1.54) is 26.8 Å². The molecule has 4 rings (SSSR count). The highest BCUT2D eigenvalue weighted by atomic mass is 35.5. The molecule has 0 unspecified atom stereocenters. The van der Waals surface area contributed by atoms with Gasteiger partial charge in [-0.3, -0.25) is 19.2 Å². The first-order valence-corrected chi connectivity index (χ1v) is 11.6. The van der Waals surface area contributed by atoms with Crippen molar-refractivity contribution in [2.24, 2.45) is 17.3 Å². The molecular formula is C24H29ClO9. The van der Waals surface area contributed by atoms with Crippen molar-refractivity contribution >= 4 is 35.3 Å². The van der Waals surface area contributed by atoms with Gasteiger partial charge in [0.2, 0.25) is 0 Å². The molecule has 0 saturated carbocycles. The van der Waals surface area contributed by atoms with Crippen LogP contribution in [0.4, 0.5) is 0 Å². The number of carbonyl (C=O) groups excluding carboxylic acids is 4. The number of aliphatic hydroxyl groups is 1. The van der Waals surface area contributed by atoms with Gasteiger partial charge >= 0.3 is 17.9 Å². The fraction of sp³-hybridized carbons (Fsp3) is 0.667. The Morgan fingerprint density at radius 1 is 1.21 bits per heavy atom. The topological polar surface area (TPSA) is 125 Å². The number of fused-ring (bicyclic) bond motifs is 3. The lowest BCUT2D eigenvalue weighted by molar-refractivity contribution is -0.318. The van der Waals surface area contributed by atoms with Gasteiger partial charge in [0.1, 0.15) is 6.10 Å². The van der Waals surface area contributed by atoms with Crippen LogP contribution in [0.2, 0.25) is 0 Å². The molecular weight excluding hydrogens is 468 g/mol. The van der Waals surface area contributed by atoms with Crippen molar-refractivity contribution in [3.63, 3.8) is 0 Å². The summed E-state index contributed by atoms with van der Waals surface area (Å²) in [5, 5.41) is 10.3. The lowest BCUT2D eigenvalue weighted by Gasteiger charge is -2.63. The van der Waals surface area contributed by atoms with Crippen molar-refractivity contribution < 1.29 is 43.2 Å². The van der Waals surface area contributed by atoms with Gasteiger partial charge in [-0.25, -0.2) is 0 Å². The maximum absolute atomic E-state index is 13.2. The Balaban J connectivity index is 2.06. The van der Waals surface area contributed by atoms with E-state index in [0.717, 1.165) is 0 Å². The molecule has 3 saturated heterocycles. The van der Waals surface area contributed by atoms with Crippen LogP contribution in [0.15, 0.2) is 24.3 Å². The van der Waals surface area contributed by atoms with Gasteiger partial charge in [0, 0.05) is 19.3 Å². The van der Waals surface area contributed by atoms with E-state index in [1.807, 2.05) is 0 Å². The van der Waals surface area contributed by atoms with Crippen LogP contribution in [0.3, 0.4) is 0 Å². The molecule has 10 heteroatoms. The smallest absolute Gasteiger partial charge is 0.312 e. The Labute approximate surface area is 202 Å². The molecule has 186 valence electrons. The number of halogens is 1. The molecule has 3 fully saturated rings. The first-order valence-electron chi connectivity index (χ1n) is 11.2. The maximum Gasteiger partial charge on any atom is 0.312 e. The van der Waals surface area contributed by atoms with Gasteiger partial charge in [0.25, 0.3) is 0 Å². The number of alkyl halides is 1. The van der Waals surface area contributed by atoms with Crippen LogP contribution in [0.5, 0.6) is 0 Å². The number of rotatable bonds is 2. The van der Waals surface area contributed by atoms with E-state index in [-0.39, 0.29) is 6.42 Å². The largest absolute Gasteiger partial charge is 0.459 e. The molecule has 10 atom stereocenters. The summed E-state index contributed by atoms with van der Waals surface area (Å²) in [5.74, 6) is -4.60. The van der Waals surface area contributed by atoms with Crippen LogP contribution in [-0.4, -0.2) is 69.8 Å². The van der Waals surface area contributed by atoms with Crippen molar-refractivity contribution in [1.29, 1.82) is 0 Å². The number of ketones is 1. The molecule has 0 aromatic rings. The number of hydrogen-bond donors (Lipinski definition) is 1. The van der Waals surface area contributed by atoms with Crippen LogP contribution >= 0.6 is 11.6 Å². The quantitative estimate of drug-likeness (QED) is 0.263. The third kappa shape index (κ3) is 3.20. The Kier molecular flexibility index (Phi) is 5.78. The molecule has 3 aliphatic heterocycles. The van der Waals surface area contributed by atoms with E-state index < -0.39 is 81.9 Å². The summed E-state index contributed by atoms with van der Waals surface area (Å²) in [6.07, 6.45) is -1.64. The van der Waals surface area contributed by atoms with Crippen LogP contribution in [-0.2, 0) is 38.1 Å². The highest BCUT2D eigenvalue weighted by Crippen LogP contribution is 2.61. The van der Waals surface area contributed by atoms with Crippen molar-refractivity contribution in [3.05, 3.63) is 24.3 Å². The standard InChI is InChI=1S/C24H29ClO9/c1-10-9-14(28)18-22(5)8-7-15(29)23(6,33-13(4)27)17(22)20(31-12(3)26)24(34-18)11(2)21(30)32-19(24)16(10)25/h7-8,11,14,16-20,28H,1,9H2,2-6H3/t11-,14+,16-,17+,18+,19-,20-,22-,23+,24+/m0/s1. The van der Waals surface area contributed by atoms with Crippen LogP contribution in [0.1, 0.15) is 41.0 Å². The predicted molar refractivity (Wildman–Crippen MR) is 118 cm³/mol. The van der Waals surface area contributed by atoms with Gasteiger partial charge in [-0.05, 0) is 26.3 Å². The molecule has 0 aromatic heterocycles. The molecule has 34 heavy (non-hydrogen) atoms. The van der Waals surface area contributed by atoms with Gasteiger partial charge < -0.3 is 24.1 Å². The fourth-order valence-corrected chi connectivity index (χ4v) is 6.73. The normalized spacial score (nSPS) is 47.6. The maximum atomic E-state index is 13.2. The Morgan fingerprint density at radius 3 is 2.44 bits per heavy atom. The van der Waals surface area contributed by atoms with E-state index >= 15 is 0 Å². The Morgan fingerprint density at radius 2 is 1.85 bits per heavy atom. The second-order valence-corrected chi connectivity index (χ2v) is 10.5. The van der Waals surface area contributed by atoms with Gasteiger partial charge in [0.05, 0.1) is 29.4 Å². The highest BCUT2D eigenvalue weighted by molar-refractivity contribution is 6.23. The average molecular weight is 497 g/mol. The van der Waals surface area contributed by atoms with Crippen molar-refractivity contribution in [2.45, 2.75) is 82.0 Å². The molecule has 2 bridgehead atoms. The Hall–Kier alpha value is -2.23. The van der Waals surface area contributed by atoms with Gasteiger partial charge in [0.15, 0.2) is 23.1 Å². The van der Waals surface area contributed by atoms with Crippen molar-refractivity contribution in [1.82, 2.24) is 0 Å². The van der Waals surface area contributed by atoms with Crippen molar-refractivity contribution in [2.75, 3.05) is 0 Å². The third-order valence-electron chi connectivity index (χ3n) is 7.88. The molecule has 1 spiro atoms. The zero-order valence-electron chi connectivity index (χ0n) is 19.7. The van der Waals surface area contributed by atoms with E-state index in [0.29, 0.717) is 5.57 Å². The minimum atomic E-state index is -1.79. The van der Waals surface area contributed by atoms with E-state index in [1.54, 1.807) is 19.9 Å². The summed E-state index contributed by atoms with van der Waals surface area (Å²) in [6, 6.07) is 0. The highest BCUT2D eigenvalue weighted by Gasteiger charge is 2.77. The summed E-state index contributed by atoms with van der Waals surface area (Å²) in [6.45, 7) is 11.1. The zero-order valence-corrected chi connectivity index (χ0v) is 20.5. The van der Waals surface area contributed by atoms with E-state index in [4.69, 9.17) is 30.5 Å². The summed E-state index contributed by atoms with van der Waals surface area (Å²) >= 11 is 6.70. The average Bonchev–Trinajstić information content (AvgIpc) is 2.96. The summed E-state index contributed by atoms with van der Waals surface area (Å²) < 4.78 is 23.7. The molecule has 0 radical (unpaired) electrons. The lowest BCUT2D eigenvalue weighted by Crippen LogP contribution is -2.77. The minimum absolute atomic E-state index is 0.0456. The summed E-state index contributed by atoms with van der Waals surface area (Å²) in [4.78, 5) is 50.7. The molecule has 1 aliphatic carbocycles. The molecule has 0 amide bonds. The van der Waals surface area contributed by atoms with Gasteiger partial charge in [-0.1, -0.05) is 25.2 Å². The van der Waals surface area contributed by atoms with Crippen LogP contribution in [0, 0.1) is 17.3 Å². The second-order valence-electron chi connectivity index (χ2n) is 10.1. The minimum Gasteiger partial charge on any atom is -0.459 e. The van der Waals surface area contributed by atoms with E-state index in [2.05, 4.69) is 6.58 Å². The number of aliphatic hydroxyl groups excluding tert-OH is 1. The number of carbonyl (C=O) groups is 4. The molecule has 0 aromatic carbocycles. The zero-order chi connectivity index (χ0) is 25.4. The third-order valence-corrected chi connectivity index (χ3v) is 8.42. The van der Waals surface area contributed by atoms with Gasteiger partial charge in [-0.15, -0.1) is 11.6 Å². The lowest BCUT2D eigenvalue weighted by atomic mass is 9.52. The monoisotopic (exact) mass is 496 g/mol. The SMILES string of the molecule is C=C1C[C@@H](O)[C@H]2O[C@@]3([C@@H](C)C(=O)O[C@H]3[C@H]1Cl)[C@@H](OC(C)=O)[C@@H]1[C@]2(C)C=CC(=O)[C@@]1(C)OC(C)=O. The number of esters is 3. The van der Waals surface area contributed by atoms with Gasteiger partial charge in [-0.2, -0.15) is 0 Å². The molecule has 4 aliphatic rings. The first-order chi connectivity index (χ1) is 15.7. The predicted octanol–water partition coefficient (Wildman–Crippen LogP) is 1.63. The molecule has 1 N–H and O–H groups in total. The molecule has 9 nitrogen and oxygen atoms in total. The van der Waals surface area contributed by atoms with Crippen LogP contribution in [0.25, 0.3) is 0 Å². The second kappa shape index (κ2) is 7.90. The number of hydrogen-bond acceptors (Lipinski definition) is 9. The summed E-state index contributed by atoms with van der Waals surface area (Å²) in [5.41, 5.74) is -4.20. The van der Waals surface area contributed by atoms with Crippen LogP contribution < -0.4 is 0 Å². The van der Waals surface area contributed by atoms with E-state index in [9.17, 15) is 24.3 Å². The van der Waals surface area contributed by atoms with Crippen molar-refractivity contribution in [3.8, 4) is 0 Å². The fourth-order valence-electron chi connectivity index (χ4n) is 6.39. The molecule has 3 heterocycles. The first kappa shape index (κ1) is 24.9.